The highest BCUT2D eigenvalue weighted by atomic mass is 16.9. The number of carbonyl (C=O) groups excluding carboxylic acids is 1. The second kappa shape index (κ2) is 5.63. The maximum Gasteiger partial charge on any atom is 0.411 e. The van der Waals surface area contributed by atoms with E-state index >= 15 is 0 Å². The summed E-state index contributed by atoms with van der Waals surface area (Å²) in [4.78, 5) is 11.8. The second-order valence-corrected chi connectivity index (χ2v) is 5.47. The monoisotopic (exact) mass is 293 g/mol. The molecule has 114 valence electrons. The first kappa shape index (κ1) is 14.3. The molecule has 0 aromatic heterocycles. The standard InChI is InChI=1S/C15H19NO5/c1-2-15-19-9-14(10-20-15,11-21-15)8-18-13(17)16-12-6-4-3-5-7-12/h3-7H,2,8-11H2,1H3,(H,16,17). The lowest BCUT2D eigenvalue weighted by Gasteiger charge is -2.51. The third-order valence-electron chi connectivity index (χ3n) is 3.76. The van der Waals surface area contributed by atoms with Gasteiger partial charge in [0.15, 0.2) is 0 Å². The summed E-state index contributed by atoms with van der Waals surface area (Å²) in [6.07, 6.45) is 0.145. The average molecular weight is 293 g/mol. The van der Waals surface area contributed by atoms with E-state index < -0.39 is 17.5 Å². The first-order chi connectivity index (χ1) is 10.2. The summed E-state index contributed by atoms with van der Waals surface area (Å²) in [6.45, 7) is 3.56. The zero-order valence-corrected chi connectivity index (χ0v) is 12.0. The van der Waals surface area contributed by atoms with Crippen LogP contribution in [0.5, 0.6) is 0 Å². The molecular formula is C15H19NO5. The highest BCUT2D eigenvalue weighted by molar-refractivity contribution is 5.84. The summed E-state index contributed by atoms with van der Waals surface area (Å²) < 4.78 is 22.1. The number of hydrogen-bond donors (Lipinski definition) is 1. The topological polar surface area (TPSA) is 66.0 Å². The number of amides is 1. The second-order valence-electron chi connectivity index (χ2n) is 5.47. The zero-order valence-electron chi connectivity index (χ0n) is 12.0. The SMILES string of the molecule is CCC12OCC(COC(=O)Nc3ccccc3)(CO1)CO2. The minimum absolute atomic E-state index is 0.200. The first-order valence-electron chi connectivity index (χ1n) is 7.06. The molecule has 4 rings (SSSR count). The van der Waals surface area contributed by atoms with Crippen molar-refractivity contribution in [2.45, 2.75) is 19.3 Å². The Morgan fingerprint density at radius 2 is 1.81 bits per heavy atom. The van der Waals surface area contributed by atoms with E-state index in [1.165, 1.54) is 0 Å². The van der Waals surface area contributed by atoms with Gasteiger partial charge in [-0.15, -0.1) is 0 Å². The normalized spacial score (nSPS) is 30.9. The van der Waals surface area contributed by atoms with Crippen molar-refractivity contribution in [3.8, 4) is 0 Å². The maximum absolute atomic E-state index is 11.8. The van der Waals surface area contributed by atoms with Crippen LogP contribution in [-0.2, 0) is 18.9 Å². The maximum atomic E-state index is 11.8. The van der Waals surface area contributed by atoms with Gasteiger partial charge in [-0.2, -0.15) is 0 Å². The quantitative estimate of drug-likeness (QED) is 0.923. The molecule has 3 heterocycles. The summed E-state index contributed by atoms with van der Waals surface area (Å²) >= 11 is 0. The highest BCUT2D eigenvalue weighted by Crippen LogP contribution is 2.40. The number of ether oxygens (including phenoxy) is 4. The molecule has 6 nitrogen and oxygen atoms in total. The number of rotatable bonds is 4. The zero-order chi connectivity index (χ0) is 14.8. The largest absolute Gasteiger partial charge is 0.448 e. The number of hydrogen-bond acceptors (Lipinski definition) is 5. The van der Waals surface area contributed by atoms with E-state index in [9.17, 15) is 4.79 Å². The van der Waals surface area contributed by atoms with Crippen LogP contribution in [0.25, 0.3) is 0 Å². The van der Waals surface area contributed by atoms with Gasteiger partial charge in [0, 0.05) is 12.1 Å². The molecule has 3 aliphatic heterocycles. The van der Waals surface area contributed by atoms with Crippen LogP contribution in [-0.4, -0.2) is 38.5 Å². The fourth-order valence-corrected chi connectivity index (χ4v) is 2.36. The number of para-hydroxylation sites is 1. The van der Waals surface area contributed by atoms with Crippen molar-refractivity contribution in [2.75, 3.05) is 31.7 Å². The Balaban J connectivity index is 1.51. The van der Waals surface area contributed by atoms with Crippen LogP contribution in [0.15, 0.2) is 30.3 Å². The van der Waals surface area contributed by atoms with Crippen molar-refractivity contribution < 1.29 is 23.7 Å². The van der Waals surface area contributed by atoms with Crippen LogP contribution in [0.4, 0.5) is 10.5 Å². The Morgan fingerprint density at radius 3 is 2.38 bits per heavy atom. The van der Waals surface area contributed by atoms with E-state index in [1.54, 1.807) is 12.1 Å². The molecule has 6 heteroatoms. The van der Waals surface area contributed by atoms with Gasteiger partial charge in [-0.25, -0.2) is 4.79 Å². The predicted molar refractivity (Wildman–Crippen MR) is 74.7 cm³/mol. The van der Waals surface area contributed by atoms with Crippen LogP contribution in [0.2, 0.25) is 0 Å². The molecule has 3 fully saturated rings. The number of benzene rings is 1. The molecule has 0 spiro atoms. The van der Waals surface area contributed by atoms with Crippen molar-refractivity contribution in [3.63, 3.8) is 0 Å². The minimum Gasteiger partial charge on any atom is -0.448 e. The highest BCUT2D eigenvalue weighted by Gasteiger charge is 2.52. The Morgan fingerprint density at radius 1 is 1.19 bits per heavy atom. The van der Waals surface area contributed by atoms with Gasteiger partial charge >= 0.3 is 6.09 Å². The molecule has 3 aliphatic rings. The van der Waals surface area contributed by atoms with Gasteiger partial charge in [-0.1, -0.05) is 25.1 Å². The van der Waals surface area contributed by atoms with Crippen molar-refractivity contribution in [3.05, 3.63) is 30.3 Å². The van der Waals surface area contributed by atoms with Crippen molar-refractivity contribution in [1.29, 1.82) is 0 Å². The Labute approximate surface area is 123 Å². The molecule has 1 amide bonds. The molecule has 0 radical (unpaired) electrons. The summed E-state index contributed by atoms with van der Waals surface area (Å²) in [5.41, 5.74) is 0.284. The molecule has 0 saturated carbocycles. The first-order valence-corrected chi connectivity index (χ1v) is 7.06. The van der Waals surface area contributed by atoms with Gasteiger partial charge in [0.25, 0.3) is 5.97 Å². The number of anilines is 1. The number of fused-ring (bicyclic) bond motifs is 3. The van der Waals surface area contributed by atoms with Gasteiger partial charge in [0.1, 0.15) is 6.61 Å². The summed E-state index contributed by atoms with van der Waals surface area (Å²) in [5.74, 6) is -0.895. The lowest BCUT2D eigenvalue weighted by Crippen LogP contribution is -2.61. The van der Waals surface area contributed by atoms with Crippen LogP contribution in [0.1, 0.15) is 13.3 Å². The molecule has 21 heavy (non-hydrogen) atoms. The molecule has 1 aromatic rings. The molecule has 0 aliphatic carbocycles. The molecular weight excluding hydrogens is 274 g/mol. The van der Waals surface area contributed by atoms with E-state index in [4.69, 9.17) is 18.9 Å². The minimum atomic E-state index is -0.895. The van der Waals surface area contributed by atoms with Gasteiger partial charge in [0.05, 0.1) is 25.2 Å². The van der Waals surface area contributed by atoms with Gasteiger partial charge in [-0.3, -0.25) is 5.32 Å². The van der Waals surface area contributed by atoms with Crippen LogP contribution < -0.4 is 5.32 Å². The fourth-order valence-electron chi connectivity index (χ4n) is 2.36. The van der Waals surface area contributed by atoms with Crippen LogP contribution >= 0.6 is 0 Å². The van der Waals surface area contributed by atoms with Gasteiger partial charge < -0.3 is 18.9 Å². The summed E-state index contributed by atoms with van der Waals surface area (Å²) in [5, 5.41) is 2.67. The smallest absolute Gasteiger partial charge is 0.411 e. The molecule has 0 atom stereocenters. The third-order valence-corrected chi connectivity index (χ3v) is 3.76. The lowest BCUT2D eigenvalue weighted by atomic mass is 9.90. The van der Waals surface area contributed by atoms with Crippen LogP contribution in [0.3, 0.4) is 0 Å². The van der Waals surface area contributed by atoms with E-state index in [0.717, 1.165) is 0 Å². The van der Waals surface area contributed by atoms with Gasteiger partial charge in [-0.05, 0) is 12.1 Å². The Kier molecular flexibility index (Phi) is 3.84. The Hall–Kier alpha value is -1.63. The predicted octanol–water partition coefficient (Wildman–Crippen LogP) is 2.36. The van der Waals surface area contributed by atoms with Crippen molar-refractivity contribution >= 4 is 11.8 Å². The van der Waals surface area contributed by atoms with Crippen molar-refractivity contribution in [1.82, 2.24) is 0 Å². The van der Waals surface area contributed by atoms with Gasteiger partial charge in [0.2, 0.25) is 0 Å². The fraction of sp³-hybridized carbons (Fsp3) is 0.533. The molecule has 2 bridgehead atoms. The Bertz CT molecular complexity index is 480. The van der Waals surface area contributed by atoms with E-state index in [-0.39, 0.29) is 6.61 Å². The molecule has 1 aromatic carbocycles. The summed E-state index contributed by atoms with van der Waals surface area (Å²) in [6, 6.07) is 9.16. The average Bonchev–Trinajstić information content (AvgIpc) is 2.56. The number of carbonyl (C=O) groups is 1. The third kappa shape index (κ3) is 3.02. The molecule has 3 saturated heterocycles. The lowest BCUT2D eigenvalue weighted by molar-refractivity contribution is -0.470. The van der Waals surface area contributed by atoms with E-state index in [2.05, 4.69) is 5.32 Å². The van der Waals surface area contributed by atoms with Crippen molar-refractivity contribution in [2.24, 2.45) is 5.41 Å². The van der Waals surface area contributed by atoms with Crippen LogP contribution in [0, 0.1) is 5.41 Å². The molecule has 0 unspecified atom stereocenters. The number of nitrogens with one attached hydrogen (secondary N) is 1. The van der Waals surface area contributed by atoms with E-state index in [1.807, 2.05) is 25.1 Å². The summed E-state index contributed by atoms with van der Waals surface area (Å²) in [7, 11) is 0. The van der Waals surface area contributed by atoms with E-state index in [0.29, 0.717) is 31.9 Å². The molecule has 1 N–H and O–H groups in total.